The molecule has 0 unspecified atom stereocenters. The van der Waals surface area contributed by atoms with Crippen LogP contribution in [0.3, 0.4) is 0 Å². The first kappa shape index (κ1) is 18.7. The van der Waals surface area contributed by atoms with E-state index in [1.165, 1.54) is 6.21 Å². The molecule has 27 heavy (non-hydrogen) atoms. The molecule has 0 fully saturated rings. The predicted molar refractivity (Wildman–Crippen MR) is 107 cm³/mol. The van der Waals surface area contributed by atoms with Gasteiger partial charge in [0.25, 0.3) is 0 Å². The number of carbonyl (C=O) groups excluding carboxylic acids is 1. The Bertz CT molecular complexity index is 794. The molecule has 3 rings (SSSR count). The number of urea groups is 1. The van der Waals surface area contributed by atoms with Gasteiger partial charge >= 0.3 is 6.03 Å². The van der Waals surface area contributed by atoms with Crippen molar-refractivity contribution in [2.75, 3.05) is 23.8 Å². The van der Waals surface area contributed by atoms with Crippen molar-refractivity contribution in [2.24, 2.45) is 0 Å². The summed E-state index contributed by atoms with van der Waals surface area (Å²) >= 11 is 0. The molecule has 7 nitrogen and oxygen atoms in total. The van der Waals surface area contributed by atoms with Gasteiger partial charge in [0.05, 0.1) is 12.6 Å². The van der Waals surface area contributed by atoms with Crippen LogP contribution in [0.25, 0.3) is 0 Å². The summed E-state index contributed by atoms with van der Waals surface area (Å²) in [5, 5.41) is 16.7. The van der Waals surface area contributed by atoms with Crippen molar-refractivity contribution >= 4 is 23.8 Å². The van der Waals surface area contributed by atoms with Crippen LogP contribution in [-0.2, 0) is 0 Å². The third-order valence-corrected chi connectivity index (χ3v) is 4.40. The van der Waals surface area contributed by atoms with E-state index in [-0.39, 0.29) is 12.1 Å². The Morgan fingerprint density at radius 2 is 2.15 bits per heavy atom. The van der Waals surface area contributed by atoms with E-state index < -0.39 is 0 Å². The van der Waals surface area contributed by atoms with Crippen LogP contribution >= 0.6 is 0 Å². The smallest absolute Gasteiger partial charge is 0.320 e. The van der Waals surface area contributed by atoms with Crippen molar-refractivity contribution in [2.45, 2.75) is 32.2 Å². The maximum absolute atomic E-state index is 12.5. The molecule has 0 saturated carbocycles. The fraction of sp³-hybridized carbons (Fsp3) is 0.350. The minimum Gasteiger partial charge on any atom is -0.476 e. The Hall–Kier alpha value is -3.09. The molecule has 2 heterocycles. The molecule has 4 N–H and O–H groups in total. The minimum atomic E-state index is -0.324. The zero-order valence-corrected chi connectivity index (χ0v) is 15.4. The van der Waals surface area contributed by atoms with Gasteiger partial charge in [-0.1, -0.05) is 30.3 Å². The number of nitrogens with one attached hydrogen (secondary N) is 4. The molecule has 1 aliphatic heterocycles. The van der Waals surface area contributed by atoms with E-state index in [9.17, 15) is 4.79 Å². The van der Waals surface area contributed by atoms with Gasteiger partial charge in [-0.25, -0.2) is 4.79 Å². The van der Waals surface area contributed by atoms with Gasteiger partial charge in [-0.15, -0.1) is 0 Å². The van der Waals surface area contributed by atoms with Crippen LogP contribution in [0.15, 0.2) is 36.4 Å². The van der Waals surface area contributed by atoms with E-state index in [1.54, 1.807) is 6.07 Å². The van der Waals surface area contributed by atoms with E-state index in [0.717, 1.165) is 24.8 Å². The number of aromatic nitrogens is 1. The highest BCUT2D eigenvalue weighted by atomic mass is 16.5. The number of benzene rings is 1. The number of carbonyl (C=O) groups is 1. The molecule has 1 aliphatic rings. The lowest BCUT2D eigenvalue weighted by Crippen LogP contribution is -2.33. The normalized spacial score (nSPS) is 17.4. The molecule has 1 aromatic carbocycles. The molecule has 142 valence electrons. The largest absolute Gasteiger partial charge is 0.476 e. The summed E-state index contributed by atoms with van der Waals surface area (Å²) < 4.78 is 5.87. The van der Waals surface area contributed by atoms with Crippen LogP contribution < -0.4 is 20.7 Å². The van der Waals surface area contributed by atoms with Gasteiger partial charge in [0.1, 0.15) is 11.5 Å². The zero-order chi connectivity index (χ0) is 19.1. The lowest BCUT2D eigenvalue weighted by atomic mass is 10.0. The second-order valence-electron chi connectivity index (χ2n) is 6.36. The second kappa shape index (κ2) is 9.02. The van der Waals surface area contributed by atoms with E-state index in [1.807, 2.05) is 37.3 Å². The number of pyridine rings is 1. The third kappa shape index (κ3) is 4.75. The highest BCUT2D eigenvalue weighted by Gasteiger charge is 2.18. The fourth-order valence-corrected chi connectivity index (χ4v) is 3.11. The van der Waals surface area contributed by atoms with E-state index >= 15 is 0 Å². The number of hydrogen-bond acceptors (Lipinski definition) is 5. The summed E-state index contributed by atoms with van der Waals surface area (Å²) in [4.78, 5) is 16.9. The lowest BCUT2D eigenvalue weighted by molar-refractivity contribution is 0.246. The number of amides is 2. The molecule has 1 atom stereocenters. The van der Waals surface area contributed by atoms with Gasteiger partial charge in [-0.2, -0.15) is 4.98 Å². The first-order chi connectivity index (χ1) is 13.2. The van der Waals surface area contributed by atoms with Crippen molar-refractivity contribution in [3.63, 3.8) is 0 Å². The predicted octanol–water partition coefficient (Wildman–Crippen LogP) is 3.94. The standard InChI is InChI=1S/C20H25N5O2/c1-2-22-18-15(13-21)12-17-24-19(18)27-11-7-6-10-16(23-20(26)25-17)14-8-4-3-5-9-14/h3-5,8-9,12-13,16,21-22H,2,6-7,10-11H2,1H3,(H2,23,24,25,26)/t16-/m1/s1. The molecule has 2 amide bonds. The average Bonchev–Trinajstić information content (AvgIpc) is 2.68. The molecule has 7 heteroatoms. The van der Waals surface area contributed by atoms with Crippen LogP contribution in [0, 0.1) is 5.41 Å². The van der Waals surface area contributed by atoms with E-state index in [0.29, 0.717) is 36.1 Å². The minimum absolute atomic E-state index is 0.0756. The van der Waals surface area contributed by atoms with Gasteiger partial charge in [0.15, 0.2) is 0 Å². The second-order valence-corrected chi connectivity index (χ2v) is 6.36. The Labute approximate surface area is 159 Å². The third-order valence-electron chi connectivity index (χ3n) is 4.40. The number of nitrogens with zero attached hydrogens (tertiary/aromatic N) is 1. The molecule has 1 aromatic heterocycles. The summed E-state index contributed by atoms with van der Waals surface area (Å²) in [5.74, 6) is 0.767. The SMILES string of the molecule is CCNc1c(C=N)cc2nc1OCCCC[C@H](c1ccccc1)NC(=O)N2. The fourth-order valence-electron chi connectivity index (χ4n) is 3.11. The number of hydrogen-bond donors (Lipinski definition) is 4. The monoisotopic (exact) mass is 367 g/mol. The molecule has 0 radical (unpaired) electrons. The first-order valence-electron chi connectivity index (χ1n) is 9.26. The Kier molecular flexibility index (Phi) is 6.25. The maximum Gasteiger partial charge on any atom is 0.320 e. The van der Waals surface area contributed by atoms with Gasteiger partial charge < -0.3 is 20.8 Å². The molecular weight excluding hydrogens is 342 g/mol. The Balaban J connectivity index is 1.88. The zero-order valence-electron chi connectivity index (χ0n) is 15.4. The van der Waals surface area contributed by atoms with Gasteiger partial charge in [0.2, 0.25) is 5.88 Å². The highest BCUT2D eigenvalue weighted by molar-refractivity contribution is 5.93. The van der Waals surface area contributed by atoms with Gasteiger partial charge in [0, 0.05) is 18.3 Å². The maximum atomic E-state index is 12.5. The summed E-state index contributed by atoms with van der Waals surface area (Å²) in [7, 11) is 0. The van der Waals surface area contributed by atoms with Crippen LogP contribution in [0.5, 0.6) is 5.88 Å². The number of anilines is 2. The van der Waals surface area contributed by atoms with Crippen molar-refractivity contribution in [1.29, 1.82) is 5.41 Å². The molecular formula is C20H25N5O2. The van der Waals surface area contributed by atoms with Crippen LogP contribution in [0.4, 0.5) is 16.3 Å². The number of rotatable bonds is 4. The highest BCUT2D eigenvalue weighted by Crippen LogP contribution is 2.29. The summed E-state index contributed by atoms with van der Waals surface area (Å²) in [6.07, 6.45) is 3.82. The first-order valence-corrected chi connectivity index (χ1v) is 9.26. The summed E-state index contributed by atoms with van der Waals surface area (Å²) in [6.45, 7) is 3.19. The van der Waals surface area contributed by atoms with Crippen molar-refractivity contribution in [3.05, 3.63) is 47.5 Å². The van der Waals surface area contributed by atoms with Crippen molar-refractivity contribution in [3.8, 4) is 5.88 Å². The average molecular weight is 367 g/mol. The molecule has 2 bridgehead atoms. The van der Waals surface area contributed by atoms with Gasteiger partial charge in [-0.3, -0.25) is 5.32 Å². The molecule has 0 spiro atoms. The molecule has 0 aliphatic carbocycles. The quantitative estimate of drug-likeness (QED) is 0.615. The van der Waals surface area contributed by atoms with Crippen molar-refractivity contribution < 1.29 is 9.53 Å². The molecule has 0 saturated heterocycles. The number of ether oxygens (including phenoxy) is 1. The Morgan fingerprint density at radius 3 is 2.89 bits per heavy atom. The van der Waals surface area contributed by atoms with Crippen LogP contribution in [-0.4, -0.2) is 30.4 Å². The molecule has 2 aromatic rings. The summed E-state index contributed by atoms with van der Waals surface area (Å²) in [6, 6.07) is 11.2. The lowest BCUT2D eigenvalue weighted by Gasteiger charge is -2.21. The van der Waals surface area contributed by atoms with E-state index in [2.05, 4.69) is 20.9 Å². The van der Waals surface area contributed by atoms with Crippen LogP contribution in [0.2, 0.25) is 0 Å². The van der Waals surface area contributed by atoms with Crippen molar-refractivity contribution in [1.82, 2.24) is 10.3 Å². The summed E-state index contributed by atoms with van der Waals surface area (Å²) in [5.41, 5.74) is 2.37. The van der Waals surface area contributed by atoms with Gasteiger partial charge in [-0.05, 0) is 37.8 Å². The topological polar surface area (TPSA) is 99.1 Å². The van der Waals surface area contributed by atoms with Crippen LogP contribution in [0.1, 0.15) is 43.4 Å². The Morgan fingerprint density at radius 1 is 1.33 bits per heavy atom. The van der Waals surface area contributed by atoms with E-state index in [4.69, 9.17) is 10.1 Å². The number of fused-ring (bicyclic) bond motifs is 2.